The highest BCUT2D eigenvalue weighted by Gasteiger charge is 2.24. The molecule has 3 aromatic heterocycles. The summed E-state index contributed by atoms with van der Waals surface area (Å²) in [6, 6.07) is 6.31. The molecule has 2 atom stereocenters. The Balaban J connectivity index is 1.22. The Bertz CT molecular complexity index is 1050. The summed E-state index contributed by atoms with van der Waals surface area (Å²) in [5.74, 6) is 2.45. The molecule has 0 amide bonds. The first-order valence-corrected chi connectivity index (χ1v) is 11.8. The predicted molar refractivity (Wildman–Crippen MR) is 124 cm³/mol. The molecule has 2 unspecified atom stereocenters. The summed E-state index contributed by atoms with van der Waals surface area (Å²) in [4.78, 5) is 2.35. The van der Waals surface area contributed by atoms with E-state index in [9.17, 15) is 0 Å². The Kier molecular flexibility index (Phi) is 6.43. The van der Waals surface area contributed by atoms with Crippen molar-refractivity contribution in [3.8, 4) is 17.1 Å². The van der Waals surface area contributed by atoms with Crippen LogP contribution in [0, 0.1) is 5.92 Å². The molecule has 1 aliphatic carbocycles. The van der Waals surface area contributed by atoms with E-state index in [1.165, 1.54) is 32.1 Å². The minimum absolute atomic E-state index is 0.107. The van der Waals surface area contributed by atoms with Gasteiger partial charge in [0.2, 0.25) is 0 Å². The quantitative estimate of drug-likeness (QED) is 0.555. The number of methoxy groups -OCH3 is 1. The van der Waals surface area contributed by atoms with Crippen LogP contribution in [0.5, 0.6) is 5.75 Å². The lowest BCUT2D eigenvalue weighted by Gasteiger charge is -2.35. The molecule has 1 saturated carbocycles. The van der Waals surface area contributed by atoms with Crippen LogP contribution in [-0.2, 0) is 0 Å². The molecule has 1 N–H and O–H groups in total. The Labute approximate surface area is 193 Å². The lowest BCUT2D eigenvalue weighted by atomic mass is 9.85. The number of nitrogens with zero attached hydrogens (tertiary/aromatic N) is 8. The third kappa shape index (κ3) is 4.95. The number of rotatable bonds is 8. The van der Waals surface area contributed by atoms with E-state index >= 15 is 0 Å². The third-order valence-corrected chi connectivity index (χ3v) is 6.80. The zero-order valence-electron chi connectivity index (χ0n) is 19.3. The van der Waals surface area contributed by atoms with Gasteiger partial charge in [0.15, 0.2) is 5.82 Å². The van der Waals surface area contributed by atoms with Crippen LogP contribution in [0.25, 0.3) is 11.4 Å². The molecule has 0 bridgehead atoms. The van der Waals surface area contributed by atoms with Gasteiger partial charge in [-0.15, -0.1) is 15.3 Å². The first-order chi connectivity index (χ1) is 16.2. The second kappa shape index (κ2) is 9.78. The molecule has 4 heterocycles. The number of piperidine rings is 1. The molecular formula is C23H31N9O. The van der Waals surface area contributed by atoms with Crippen molar-refractivity contribution < 1.29 is 4.74 Å². The fourth-order valence-electron chi connectivity index (χ4n) is 4.41. The van der Waals surface area contributed by atoms with E-state index in [2.05, 4.69) is 47.0 Å². The molecule has 10 nitrogen and oxygen atoms in total. The fourth-order valence-corrected chi connectivity index (χ4v) is 4.41. The minimum atomic E-state index is -0.107. The van der Waals surface area contributed by atoms with Gasteiger partial charge in [0.25, 0.3) is 0 Å². The average Bonchev–Trinajstić information content (AvgIpc) is 3.33. The second-order valence-corrected chi connectivity index (χ2v) is 9.05. The van der Waals surface area contributed by atoms with Crippen molar-refractivity contribution in [1.29, 1.82) is 0 Å². The third-order valence-electron chi connectivity index (χ3n) is 6.80. The minimum Gasteiger partial charge on any atom is -0.495 e. The summed E-state index contributed by atoms with van der Waals surface area (Å²) in [5, 5.41) is 29.4. The first kappa shape index (κ1) is 21.7. The molecule has 33 heavy (non-hydrogen) atoms. The van der Waals surface area contributed by atoms with Crippen LogP contribution in [0.2, 0.25) is 0 Å². The number of ether oxygens (including phenoxy) is 1. The van der Waals surface area contributed by atoms with Crippen LogP contribution in [0.3, 0.4) is 0 Å². The first-order valence-electron chi connectivity index (χ1n) is 11.8. The topological polar surface area (TPSA) is 107 Å². The van der Waals surface area contributed by atoms with Crippen molar-refractivity contribution in [2.75, 3.05) is 31.6 Å². The summed E-state index contributed by atoms with van der Waals surface area (Å²) in [6.45, 7) is 5.20. The lowest BCUT2D eigenvalue weighted by Crippen LogP contribution is -2.47. The lowest BCUT2D eigenvalue weighted by molar-refractivity contribution is 0.280. The van der Waals surface area contributed by atoms with Crippen molar-refractivity contribution in [2.45, 2.75) is 51.1 Å². The molecule has 10 heteroatoms. The maximum Gasteiger partial charge on any atom is 0.151 e. The summed E-state index contributed by atoms with van der Waals surface area (Å²) in [6.07, 6.45) is 9.97. The van der Waals surface area contributed by atoms with Gasteiger partial charge in [-0.05, 0) is 57.2 Å². The second-order valence-electron chi connectivity index (χ2n) is 9.05. The van der Waals surface area contributed by atoms with Gasteiger partial charge in [0, 0.05) is 25.2 Å². The SMILES string of the molecule is COc1cnnc(-c2cn(C(C)c3ccc(N4CCCC(NCC5CCC5)C4)nn3)nn2)c1. The van der Waals surface area contributed by atoms with Crippen LogP contribution in [0.4, 0.5) is 5.82 Å². The van der Waals surface area contributed by atoms with Gasteiger partial charge in [0.1, 0.15) is 17.1 Å². The molecule has 174 valence electrons. The number of aromatic nitrogens is 7. The van der Waals surface area contributed by atoms with Gasteiger partial charge < -0.3 is 15.0 Å². The monoisotopic (exact) mass is 449 g/mol. The highest BCUT2D eigenvalue weighted by Crippen LogP contribution is 2.26. The van der Waals surface area contributed by atoms with Gasteiger partial charge in [0.05, 0.1) is 31.2 Å². The normalized spacial score (nSPS) is 19.8. The molecule has 2 fully saturated rings. The van der Waals surface area contributed by atoms with Gasteiger partial charge in [-0.3, -0.25) is 0 Å². The molecule has 0 aromatic carbocycles. The van der Waals surface area contributed by atoms with Crippen LogP contribution in [-0.4, -0.2) is 68.2 Å². The highest BCUT2D eigenvalue weighted by atomic mass is 16.5. The fraction of sp³-hybridized carbons (Fsp3) is 0.565. The van der Waals surface area contributed by atoms with E-state index < -0.39 is 0 Å². The smallest absolute Gasteiger partial charge is 0.151 e. The number of nitrogens with one attached hydrogen (secondary N) is 1. The number of hydrogen-bond acceptors (Lipinski definition) is 9. The van der Waals surface area contributed by atoms with E-state index in [1.807, 2.05) is 19.2 Å². The maximum absolute atomic E-state index is 5.22. The molecule has 1 saturated heterocycles. The van der Waals surface area contributed by atoms with E-state index in [1.54, 1.807) is 24.1 Å². The van der Waals surface area contributed by atoms with Crippen molar-refractivity contribution in [2.24, 2.45) is 5.92 Å². The van der Waals surface area contributed by atoms with E-state index in [0.29, 0.717) is 23.2 Å². The van der Waals surface area contributed by atoms with Gasteiger partial charge in [-0.25, -0.2) is 4.68 Å². The van der Waals surface area contributed by atoms with Crippen molar-refractivity contribution in [1.82, 2.24) is 40.7 Å². The molecule has 5 rings (SSSR count). The molecule has 0 spiro atoms. The maximum atomic E-state index is 5.22. The summed E-state index contributed by atoms with van der Waals surface area (Å²) in [7, 11) is 1.60. The molecule has 1 aliphatic heterocycles. The largest absolute Gasteiger partial charge is 0.495 e. The Hall–Kier alpha value is -3.14. The van der Waals surface area contributed by atoms with Crippen molar-refractivity contribution >= 4 is 5.82 Å². The van der Waals surface area contributed by atoms with Crippen molar-refractivity contribution in [3.05, 3.63) is 36.3 Å². The van der Waals surface area contributed by atoms with E-state index in [-0.39, 0.29) is 6.04 Å². The standard InChI is InChI=1S/C23H31N9O/c1-16(32-15-22(28-30-32)21-11-19(33-2)13-25-26-21)20-8-9-23(29-27-20)31-10-4-7-18(14-31)24-12-17-5-3-6-17/h8-9,11,13,15-18,24H,3-7,10,12,14H2,1-2H3. The predicted octanol–water partition coefficient (Wildman–Crippen LogP) is 2.50. The Morgan fingerprint density at radius 2 is 2.00 bits per heavy atom. The molecule has 0 radical (unpaired) electrons. The van der Waals surface area contributed by atoms with E-state index in [4.69, 9.17) is 4.74 Å². The van der Waals surface area contributed by atoms with Crippen LogP contribution < -0.4 is 15.0 Å². The van der Waals surface area contributed by atoms with Gasteiger partial charge in [-0.2, -0.15) is 10.2 Å². The summed E-state index contributed by atoms with van der Waals surface area (Å²) >= 11 is 0. The Morgan fingerprint density at radius 1 is 1.09 bits per heavy atom. The average molecular weight is 450 g/mol. The molecule has 2 aliphatic rings. The van der Waals surface area contributed by atoms with Crippen LogP contribution >= 0.6 is 0 Å². The molecule has 3 aromatic rings. The Morgan fingerprint density at radius 3 is 2.76 bits per heavy atom. The number of hydrogen-bond donors (Lipinski definition) is 1. The summed E-state index contributed by atoms with van der Waals surface area (Å²) < 4.78 is 6.98. The highest BCUT2D eigenvalue weighted by molar-refractivity contribution is 5.53. The zero-order chi connectivity index (χ0) is 22.6. The summed E-state index contributed by atoms with van der Waals surface area (Å²) in [5.41, 5.74) is 2.08. The number of anilines is 1. The molecular weight excluding hydrogens is 418 g/mol. The van der Waals surface area contributed by atoms with Gasteiger partial charge >= 0.3 is 0 Å². The van der Waals surface area contributed by atoms with Crippen LogP contribution in [0.1, 0.15) is 50.8 Å². The zero-order valence-corrected chi connectivity index (χ0v) is 19.3. The van der Waals surface area contributed by atoms with E-state index in [0.717, 1.165) is 37.1 Å². The van der Waals surface area contributed by atoms with Crippen molar-refractivity contribution in [3.63, 3.8) is 0 Å². The van der Waals surface area contributed by atoms with Gasteiger partial charge in [-0.1, -0.05) is 11.6 Å². The van der Waals surface area contributed by atoms with Crippen LogP contribution in [0.15, 0.2) is 30.6 Å².